The van der Waals surface area contributed by atoms with Gasteiger partial charge in [-0.15, -0.1) is 0 Å². The summed E-state index contributed by atoms with van der Waals surface area (Å²) in [6.45, 7) is -0.516. The number of amides is 2. The van der Waals surface area contributed by atoms with E-state index in [1.165, 1.54) is 12.1 Å². The zero-order valence-electron chi connectivity index (χ0n) is 12.9. The van der Waals surface area contributed by atoms with Gasteiger partial charge in [-0.05, 0) is 12.1 Å². The number of anilines is 2. The van der Waals surface area contributed by atoms with Gasteiger partial charge in [0.2, 0.25) is 0 Å². The zero-order chi connectivity index (χ0) is 19.3. The predicted molar refractivity (Wildman–Crippen MR) is 90.2 cm³/mol. The van der Waals surface area contributed by atoms with E-state index >= 15 is 0 Å². The Labute approximate surface area is 147 Å². The Morgan fingerprint density at radius 2 is 1.81 bits per heavy atom. The molecule has 0 atom stereocenters. The highest BCUT2D eigenvalue weighted by atomic mass is 32.3. The van der Waals surface area contributed by atoms with Crippen molar-refractivity contribution in [1.82, 2.24) is 0 Å². The molecule has 0 saturated heterocycles. The summed E-state index contributed by atoms with van der Waals surface area (Å²) < 4.78 is 34.2. The van der Waals surface area contributed by atoms with Crippen molar-refractivity contribution in [3.8, 4) is 5.75 Å². The van der Waals surface area contributed by atoms with Crippen molar-refractivity contribution in [2.45, 2.75) is 6.61 Å². The van der Waals surface area contributed by atoms with Gasteiger partial charge in [-0.2, -0.15) is 8.42 Å². The number of urea groups is 1. The number of hydrogen-bond acceptors (Lipinski definition) is 7. The van der Waals surface area contributed by atoms with E-state index in [9.17, 15) is 28.4 Å². The fraction of sp³-hybridized carbons (Fsp3) is 0.0714. The molecule has 2 rings (SSSR count). The Balaban J connectivity index is 2.10. The van der Waals surface area contributed by atoms with Gasteiger partial charge >= 0.3 is 16.4 Å². The van der Waals surface area contributed by atoms with E-state index in [1.807, 2.05) is 0 Å². The maximum absolute atomic E-state index is 12.0. The Bertz CT molecular complexity index is 945. The van der Waals surface area contributed by atoms with Gasteiger partial charge in [-0.25, -0.2) is 8.98 Å². The van der Waals surface area contributed by atoms with Crippen LogP contribution in [0.15, 0.2) is 42.5 Å². The van der Waals surface area contributed by atoms with Crippen LogP contribution in [0.1, 0.15) is 5.56 Å². The number of carbonyl (C=O) groups excluding carboxylic acids is 1. The lowest BCUT2D eigenvalue weighted by Gasteiger charge is -2.12. The quantitative estimate of drug-likeness (QED) is 0.255. The van der Waals surface area contributed by atoms with Crippen LogP contribution >= 0.6 is 0 Å². The summed E-state index contributed by atoms with van der Waals surface area (Å²) in [6.07, 6.45) is 0. The number of nitrogens with one attached hydrogen (secondary N) is 2. The summed E-state index contributed by atoms with van der Waals surface area (Å²) in [4.78, 5) is 22.0. The van der Waals surface area contributed by atoms with Crippen LogP contribution in [0, 0.1) is 10.1 Å². The summed E-state index contributed by atoms with van der Waals surface area (Å²) in [5.74, 6) is -0.502. The number of nitro benzene ring substituents is 1. The van der Waals surface area contributed by atoms with Gasteiger partial charge in [0.25, 0.3) is 5.69 Å². The maximum atomic E-state index is 12.0. The van der Waals surface area contributed by atoms with Crippen LogP contribution in [-0.2, 0) is 21.2 Å². The Morgan fingerprint density at radius 1 is 1.15 bits per heavy atom. The molecule has 2 amide bonds. The molecule has 26 heavy (non-hydrogen) atoms. The fourth-order valence-electron chi connectivity index (χ4n) is 1.92. The second kappa shape index (κ2) is 7.77. The Morgan fingerprint density at radius 3 is 2.42 bits per heavy atom. The number of phenolic OH excluding ortho intramolecular Hbond substituents is 1. The van der Waals surface area contributed by atoms with E-state index in [1.54, 1.807) is 12.1 Å². The topological polar surface area (TPSA) is 168 Å². The SMILES string of the molecule is O=C(Nc1ccc([N+](=O)[O-])cc1O)Nc1ccccc1COS(=O)(=O)O. The number of hydrogen-bond donors (Lipinski definition) is 4. The molecule has 0 unspecified atom stereocenters. The van der Waals surface area contributed by atoms with E-state index in [0.717, 1.165) is 18.2 Å². The van der Waals surface area contributed by atoms with E-state index < -0.39 is 33.7 Å². The molecule has 0 heterocycles. The minimum Gasteiger partial charge on any atom is -0.506 e. The molecule has 2 aromatic carbocycles. The van der Waals surface area contributed by atoms with Crippen LogP contribution in [0.2, 0.25) is 0 Å². The third-order valence-corrected chi connectivity index (χ3v) is 3.48. The summed E-state index contributed by atoms with van der Waals surface area (Å²) in [6, 6.07) is 8.38. The standard InChI is InChI=1S/C14H13N3O8S/c18-13-7-10(17(20)21)5-6-12(13)16-14(19)15-11-4-2-1-3-9(11)8-25-26(22,23)24/h1-7,18H,8H2,(H2,15,16,19)(H,22,23,24). The van der Waals surface area contributed by atoms with E-state index in [2.05, 4.69) is 14.8 Å². The minimum absolute atomic E-state index is 0.0697. The average Bonchev–Trinajstić information content (AvgIpc) is 2.55. The first kappa shape index (κ1) is 19.1. The van der Waals surface area contributed by atoms with Gasteiger partial charge < -0.3 is 15.7 Å². The van der Waals surface area contributed by atoms with Crippen molar-refractivity contribution in [2.24, 2.45) is 0 Å². The first-order valence-corrected chi connectivity index (χ1v) is 8.27. The number of aromatic hydroxyl groups is 1. The number of nitro groups is 1. The highest BCUT2D eigenvalue weighted by Crippen LogP contribution is 2.28. The molecule has 0 spiro atoms. The molecule has 0 aliphatic rings. The van der Waals surface area contributed by atoms with E-state index in [0.29, 0.717) is 0 Å². The van der Waals surface area contributed by atoms with Crippen molar-refractivity contribution < 1.29 is 32.0 Å². The fourth-order valence-corrected chi connectivity index (χ4v) is 2.20. The highest BCUT2D eigenvalue weighted by molar-refractivity contribution is 7.80. The Kier molecular flexibility index (Phi) is 5.71. The van der Waals surface area contributed by atoms with Crippen molar-refractivity contribution in [1.29, 1.82) is 0 Å². The molecule has 0 saturated carbocycles. The molecule has 2 aromatic rings. The van der Waals surface area contributed by atoms with Crippen LogP contribution in [0.4, 0.5) is 21.9 Å². The van der Waals surface area contributed by atoms with Crippen molar-refractivity contribution >= 4 is 33.5 Å². The smallest absolute Gasteiger partial charge is 0.397 e. The number of phenols is 1. The van der Waals surface area contributed by atoms with Crippen LogP contribution < -0.4 is 10.6 Å². The molecule has 0 bridgehead atoms. The molecule has 0 radical (unpaired) electrons. The third-order valence-electron chi connectivity index (χ3n) is 3.07. The van der Waals surface area contributed by atoms with Crippen molar-refractivity contribution in [2.75, 3.05) is 10.6 Å². The first-order valence-electron chi connectivity index (χ1n) is 6.91. The average molecular weight is 383 g/mol. The second-order valence-electron chi connectivity index (χ2n) is 4.88. The maximum Gasteiger partial charge on any atom is 0.397 e. The van der Waals surface area contributed by atoms with Crippen LogP contribution in [0.25, 0.3) is 0 Å². The molecule has 0 aliphatic heterocycles. The predicted octanol–water partition coefficient (Wildman–Crippen LogP) is 2.26. The molecular formula is C14H13N3O8S. The van der Waals surface area contributed by atoms with Gasteiger partial charge in [0, 0.05) is 17.3 Å². The summed E-state index contributed by atoms with van der Waals surface area (Å²) in [5, 5.41) is 25.0. The highest BCUT2D eigenvalue weighted by Gasteiger charge is 2.14. The van der Waals surface area contributed by atoms with Gasteiger partial charge in [-0.3, -0.25) is 14.7 Å². The van der Waals surface area contributed by atoms with Crippen LogP contribution in [-0.4, -0.2) is 29.0 Å². The number of nitrogens with zero attached hydrogens (tertiary/aromatic N) is 1. The van der Waals surface area contributed by atoms with Gasteiger partial charge in [0.1, 0.15) is 5.75 Å². The number of benzene rings is 2. The largest absolute Gasteiger partial charge is 0.506 e. The normalized spacial score (nSPS) is 11.0. The molecule has 0 fully saturated rings. The van der Waals surface area contributed by atoms with Gasteiger partial charge in [0.15, 0.2) is 0 Å². The molecule has 0 aliphatic carbocycles. The van der Waals surface area contributed by atoms with Crippen molar-refractivity contribution in [3.63, 3.8) is 0 Å². The zero-order valence-corrected chi connectivity index (χ0v) is 13.8. The van der Waals surface area contributed by atoms with E-state index in [4.69, 9.17) is 4.55 Å². The summed E-state index contributed by atoms with van der Waals surface area (Å²) in [7, 11) is -4.65. The number of rotatable bonds is 6. The molecule has 4 N–H and O–H groups in total. The summed E-state index contributed by atoms with van der Waals surface area (Å²) >= 11 is 0. The lowest BCUT2D eigenvalue weighted by molar-refractivity contribution is -0.384. The molecular weight excluding hydrogens is 370 g/mol. The van der Waals surface area contributed by atoms with Crippen LogP contribution in [0.3, 0.4) is 0 Å². The molecule has 11 nitrogen and oxygen atoms in total. The lowest BCUT2D eigenvalue weighted by atomic mass is 10.2. The monoisotopic (exact) mass is 383 g/mol. The third kappa shape index (κ3) is 5.41. The molecule has 12 heteroatoms. The number of non-ortho nitro benzene ring substituents is 1. The van der Waals surface area contributed by atoms with Crippen LogP contribution in [0.5, 0.6) is 5.75 Å². The van der Waals surface area contributed by atoms with Gasteiger partial charge in [-0.1, -0.05) is 18.2 Å². The second-order valence-corrected chi connectivity index (χ2v) is 5.98. The summed E-state index contributed by atoms with van der Waals surface area (Å²) in [5.41, 5.74) is 0.0316. The van der Waals surface area contributed by atoms with Gasteiger partial charge in [0.05, 0.1) is 23.3 Å². The molecule has 138 valence electrons. The first-order chi connectivity index (χ1) is 12.2. The number of para-hydroxylation sites is 1. The number of carbonyl (C=O) groups is 1. The minimum atomic E-state index is -4.65. The molecule has 0 aromatic heterocycles. The van der Waals surface area contributed by atoms with Crippen molar-refractivity contribution in [3.05, 3.63) is 58.1 Å². The Hall–Kier alpha value is -3.22. The van der Waals surface area contributed by atoms with E-state index in [-0.39, 0.29) is 22.6 Å². The lowest BCUT2D eigenvalue weighted by Crippen LogP contribution is -2.20.